The van der Waals surface area contributed by atoms with E-state index in [2.05, 4.69) is 0 Å². The van der Waals surface area contributed by atoms with Crippen LogP contribution in [0.2, 0.25) is 5.02 Å². The van der Waals surface area contributed by atoms with E-state index in [0.29, 0.717) is 0 Å². The van der Waals surface area contributed by atoms with Crippen molar-refractivity contribution in [3.05, 3.63) is 34.9 Å². The van der Waals surface area contributed by atoms with Gasteiger partial charge in [-0.05, 0) is 37.0 Å². The number of rotatable bonds is 2. The molecule has 0 amide bonds. The molecule has 13 heavy (non-hydrogen) atoms. The molecule has 0 aromatic heterocycles. The summed E-state index contributed by atoms with van der Waals surface area (Å²) in [5.41, 5.74) is 0.694. The summed E-state index contributed by atoms with van der Waals surface area (Å²) >= 11 is 5.85. The normalized spacial score (nSPS) is 19.5. The Hall–Kier alpha value is -0.530. The van der Waals surface area contributed by atoms with Gasteiger partial charge in [-0.25, -0.2) is 0 Å². The molecular weight excluding hydrogens is 184 g/mol. The molecule has 0 radical (unpaired) electrons. The average molecular weight is 197 g/mol. The number of hydrogen-bond acceptors (Lipinski definition) is 1. The summed E-state index contributed by atoms with van der Waals surface area (Å²) in [7, 11) is 0. The third kappa shape index (κ3) is 2.04. The van der Waals surface area contributed by atoms with Crippen LogP contribution in [0.3, 0.4) is 0 Å². The van der Waals surface area contributed by atoms with E-state index >= 15 is 0 Å². The first-order valence-corrected chi connectivity index (χ1v) is 5.03. The Morgan fingerprint density at radius 1 is 1.38 bits per heavy atom. The SMILES string of the molecule is OC1(Cc2cccc(Cl)c2)CCC1. The summed E-state index contributed by atoms with van der Waals surface area (Å²) in [6.45, 7) is 0. The van der Waals surface area contributed by atoms with E-state index in [9.17, 15) is 5.11 Å². The first-order valence-electron chi connectivity index (χ1n) is 4.65. The lowest BCUT2D eigenvalue weighted by atomic mass is 9.76. The van der Waals surface area contributed by atoms with Crippen LogP contribution in [0, 0.1) is 0 Å². The van der Waals surface area contributed by atoms with Crippen molar-refractivity contribution in [1.29, 1.82) is 0 Å². The smallest absolute Gasteiger partial charge is 0.0688 e. The van der Waals surface area contributed by atoms with Crippen molar-refractivity contribution >= 4 is 11.6 Å². The molecule has 1 aliphatic rings. The maximum atomic E-state index is 9.91. The molecule has 0 heterocycles. The molecule has 1 nitrogen and oxygen atoms in total. The Labute approximate surface area is 83.3 Å². The summed E-state index contributed by atoms with van der Waals surface area (Å²) in [6.07, 6.45) is 3.75. The molecule has 0 unspecified atom stereocenters. The highest BCUT2D eigenvalue weighted by atomic mass is 35.5. The predicted octanol–water partition coefficient (Wildman–Crippen LogP) is 2.80. The van der Waals surface area contributed by atoms with Crippen LogP contribution < -0.4 is 0 Å². The van der Waals surface area contributed by atoms with Crippen molar-refractivity contribution in [2.24, 2.45) is 0 Å². The van der Waals surface area contributed by atoms with Gasteiger partial charge >= 0.3 is 0 Å². The zero-order valence-corrected chi connectivity index (χ0v) is 8.22. The quantitative estimate of drug-likeness (QED) is 0.772. The van der Waals surface area contributed by atoms with Gasteiger partial charge < -0.3 is 5.11 Å². The lowest BCUT2D eigenvalue weighted by molar-refractivity contribution is -0.0322. The van der Waals surface area contributed by atoms with Crippen LogP contribution in [-0.2, 0) is 6.42 Å². The van der Waals surface area contributed by atoms with E-state index in [-0.39, 0.29) is 0 Å². The molecule has 0 aliphatic heterocycles. The largest absolute Gasteiger partial charge is 0.390 e. The van der Waals surface area contributed by atoms with Gasteiger partial charge in [0, 0.05) is 11.4 Å². The maximum absolute atomic E-state index is 9.91. The summed E-state index contributed by atoms with van der Waals surface area (Å²) in [4.78, 5) is 0. The zero-order chi connectivity index (χ0) is 9.31. The fourth-order valence-corrected chi connectivity index (χ4v) is 2.00. The molecule has 1 saturated carbocycles. The van der Waals surface area contributed by atoms with E-state index < -0.39 is 5.60 Å². The minimum Gasteiger partial charge on any atom is -0.390 e. The van der Waals surface area contributed by atoms with E-state index in [0.717, 1.165) is 36.3 Å². The number of benzene rings is 1. The van der Waals surface area contributed by atoms with Gasteiger partial charge in [-0.15, -0.1) is 0 Å². The van der Waals surface area contributed by atoms with Crippen molar-refractivity contribution < 1.29 is 5.11 Å². The number of hydrogen-bond donors (Lipinski definition) is 1. The Kier molecular flexibility index (Phi) is 2.31. The number of halogens is 1. The molecule has 1 aliphatic carbocycles. The molecule has 1 N–H and O–H groups in total. The van der Waals surface area contributed by atoms with Gasteiger partial charge in [-0.2, -0.15) is 0 Å². The van der Waals surface area contributed by atoms with Crippen molar-refractivity contribution in [2.75, 3.05) is 0 Å². The van der Waals surface area contributed by atoms with E-state index in [1.807, 2.05) is 24.3 Å². The summed E-state index contributed by atoms with van der Waals surface area (Å²) in [5, 5.41) is 10.7. The minimum atomic E-state index is -0.440. The van der Waals surface area contributed by atoms with Gasteiger partial charge in [0.15, 0.2) is 0 Å². The van der Waals surface area contributed by atoms with Crippen LogP contribution in [0.25, 0.3) is 0 Å². The van der Waals surface area contributed by atoms with Gasteiger partial charge in [0.2, 0.25) is 0 Å². The van der Waals surface area contributed by atoms with Crippen molar-refractivity contribution in [3.8, 4) is 0 Å². The molecule has 0 atom stereocenters. The Morgan fingerprint density at radius 2 is 2.15 bits per heavy atom. The van der Waals surface area contributed by atoms with Gasteiger partial charge in [-0.3, -0.25) is 0 Å². The van der Waals surface area contributed by atoms with Crippen LogP contribution >= 0.6 is 11.6 Å². The highest BCUT2D eigenvalue weighted by Gasteiger charge is 2.34. The van der Waals surface area contributed by atoms with Crippen LogP contribution in [0.1, 0.15) is 24.8 Å². The van der Waals surface area contributed by atoms with Gasteiger partial charge in [0.05, 0.1) is 5.60 Å². The topological polar surface area (TPSA) is 20.2 Å². The van der Waals surface area contributed by atoms with Gasteiger partial charge in [-0.1, -0.05) is 23.7 Å². The molecular formula is C11H13ClO. The Balaban J connectivity index is 2.09. The van der Waals surface area contributed by atoms with Crippen LogP contribution in [0.5, 0.6) is 0 Å². The molecule has 2 rings (SSSR count). The lowest BCUT2D eigenvalue weighted by Crippen LogP contribution is -2.38. The molecule has 0 bridgehead atoms. The number of aliphatic hydroxyl groups is 1. The lowest BCUT2D eigenvalue weighted by Gasteiger charge is -2.36. The molecule has 70 valence electrons. The second-order valence-corrected chi connectivity index (χ2v) is 4.32. The Bertz CT molecular complexity index is 305. The van der Waals surface area contributed by atoms with Crippen LogP contribution in [0.4, 0.5) is 0 Å². The zero-order valence-electron chi connectivity index (χ0n) is 7.46. The third-order valence-electron chi connectivity index (χ3n) is 2.71. The third-order valence-corrected chi connectivity index (χ3v) is 2.94. The molecule has 1 aromatic rings. The predicted molar refractivity (Wildman–Crippen MR) is 54.0 cm³/mol. The van der Waals surface area contributed by atoms with Crippen LogP contribution in [0.15, 0.2) is 24.3 Å². The van der Waals surface area contributed by atoms with Gasteiger partial charge in [0.25, 0.3) is 0 Å². The van der Waals surface area contributed by atoms with Crippen molar-refractivity contribution in [3.63, 3.8) is 0 Å². The summed E-state index contributed by atoms with van der Waals surface area (Å²) < 4.78 is 0. The summed E-state index contributed by atoms with van der Waals surface area (Å²) in [6, 6.07) is 7.73. The van der Waals surface area contributed by atoms with Gasteiger partial charge in [0.1, 0.15) is 0 Å². The second-order valence-electron chi connectivity index (χ2n) is 3.88. The van der Waals surface area contributed by atoms with Crippen LogP contribution in [-0.4, -0.2) is 10.7 Å². The standard InChI is InChI=1S/C11H13ClO/c12-10-4-1-3-9(7-10)8-11(13)5-2-6-11/h1,3-4,7,13H,2,5-6,8H2. The molecule has 2 heteroatoms. The minimum absolute atomic E-state index is 0.440. The van der Waals surface area contributed by atoms with E-state index in [4.69, 9.17) is 11.6 Å². The molecule has 1 fully saturated rings. The highest BCUT2D eigenvalue weighted by molar-refractivity contribution is 6.30. The average Bonchev–Trinajstić information content (AvgIpc) is 2.01. The fourth-order valence-electron chi connectivity index (χ4n) is 1.79. The maximum Gasteiger partial charge on any atom is 0.0688 e. The van der Waals surface area contributed by atoms with E-state index in [1.54, 1.807) is 0 Å². The highest BCUT2D eigenvalue weighted by Crippen LogP contribution is 2.34. The molecule has 0 spiro atoms. The fraction of sp³-hybridized carbons (Fsp3) is 0.455. The molecule has 1 aromatic carbocycles. The monoisotopic (exact) mass is 196 g/mol. The van der Waals surface area contributed by atoms with Crippen molar-refractivity contribution in [1.82, 2.24) is 0 Å². The first kappa shape index (κ1) is 9.04. The summed E-state index contributed by atoms with van der Waals surface area (Å²) in [5.74, 6) is 0. The second kappa shape index (κ2) is 3.32. The Morgan fingerprint density at radius 3 is 2.69 bits per heavy atom. The first-order chi connectivity index (χ1) is 6.18. The molecule has 0 saturated heterocycles. The van der Waals surface area contributed by atoms with Crippen molar-refractivity contribution in [2.45, 2.75) is 31.3 Å². The van der Waals surface area contributed by atoms with E-state index in [1.165, 1.54) is 0 Å².